The third-order valence-corrected chi connectivity index (χ3v) is 3.64. The standard InChI is InChI=1S/C12H9F2NO2S/c13-9-5-7-10(8-6-9)15-18(16,17)12-4-2-1-3-11(12)14/h1-8,15H. The molecule has 2 aromatic rings. The predicted octanol–water partition coefficient (Wildman–Crippen LogP) is 2.77. The first-order valence-corrected chi connectivity index (χ1v) is 6.50. The molecule has 0 radical (unpaired) electrons. The van der Waals surface area contributed by atoms with Crippen molar-refractivity contribution in [2.24, 2.45) is 0 Å². The third kappa shape index (κ3) is 2.65. The summed E-state index contributed by atoms with van der Waals surface area (Å²) in [5, 5.41) is 0. The van der Waals surface area contributed by atoms with Gasteiger partial charge in [0.1, 0.15) is 16.5 Å². The van der Waals surface area contributed by atoms with Gasteiger partial charge in [-0.2, -0.15) is 0 Å². The van der Waals surface area contributed by atoms with E-state index in [2.05, 4.69) is 4.72 Å². The molecule has 0 aliphatic rings. The Morgan fingerprint density at radius 3 is 2.11 bits per heavy atom. The fourth-order valence-corrected chi connectivity index (χ4v) is 2.53. The summed E-state index contributed by atoms with van der Waals surface area (Å²) < 4.78 is 51.9. The molecule has 6 heteroatoms. The average Bonchev–Trinajstić information content (AvgIpc) is 2.32. The number of nitrogens with one attached hydrogen (secondary N) is 1. The van der Waals surface area contributed by atoms with Crippen LogP contribution >= 0.6 is 0 Å². The molecule has 94 valence electrons. The summed E-state index contributed by atoms with van der Waals surface area (Å²) in [6.07, 6.45) is 0. The van der Waals surface area contributed by atoms with E-state index in [4.69, 9.17) is 0 Å². The first-order valence-electron chi connectivity index (χ1n) is 5.02. The molecule has 0 aliphatic carbocycles. The first-order chi connectivity index (χ1) is 8.49. The van der Waals surface area contributed by atoms with Crippen LogP contribution in [0, 0.1) is 11.6 Å². The normalized spacial score (nSPS) is 11.2. The SMILES string of the molecule is O=S(=O)(Nc1ccc(F)cc1)c1ccccc1F. The topological polar surface area (TPSA) is 46.2 Å². The quantitative estimate of drug-likeness (QED) is 0.931. The summed E-state index contributed by atoms with van der Waals surface area (Å²) in [4.78, 5) is -0.450. The largest absolute Gasteiger partial charge is 0.280 e. The minimum Gasteiger partial charge on any atom is -0.280 e. The Balaban J connectivity index is 2.33. The zero-order valence-electron chi connectivity index (χ0n) is 9.10. The summed E-state index contributed by atoms with van der Waals surface area (Å²) in [5.74, 6) is -1.32. The van der Waals surface area contributed by atoms with Gasteiger partial charge >= 0.3 is 0 Å². The molecule has 2 aromatic carbocycles. The van der Waals surface area contributed by atoms with Crippen LogP contribution in [0.4, 0.5) is 14.5 Å². The van der Waals surface area contributed by atoms with E-state index < -0.39 is 26.6 Å². The second kappa shape index (κ2) is 4.73. The zero-order chi connectivity index (χ0) is 13.2. The molecular formula is C12H9F2NO2S. The van der Waals surface area contributed by atoms with Gasteiger partial charge < -0.3 is 0 Å². The first kappa shape index (κ1) is 12.5. The molecule has 0 aliphatic heterocycles. The van der Waals surface area contributed by atoms with E-state index >= 15 is 0 Å². The van der Waals surface area contributed by atoms with Crippen molar-refractivity contribution in [2.75, 3.05) is 4.72 Å². The van der Waals surface area contributed by atoms with Crippen LogP contribution < -0.4 is 4.72 Å². The summed E-state index contributed by atoms with van der Waals surface area (Å²) >= 11 is 0. The maximum atomic E-state index is 13.4. The van der Waals surface area contributed by atoms with Gasteiger partial charge in [0.25, 0.3) is 10.0 Å². The summed E-state index contributed by atoms with van der Waals surface area (Å²) in [6.45, 7) is 0. The zero-order valence-corrected chi connectivity index (χ0v) is 9.92. The molecule has 0 spiro atoms. The number of rotatable bonds is 3. The molecule has 18 heavy (non-hydrogen) atoms. The van der Waals surface area contributed by atoms with Crippen molar-refractivity contribution in [1.29, 1.82) is 0 Å². The Kier molecular flexibility index (Phi) is 3.29. The van der Waals surface area contributed by atoms with Crippen LogP contribution in [0.5, 0.6) is 0 Å². The monoisotopic (exact) mass is 269 g/mol. The lowest BCUT2D eigenvalue weighted by atomic mass is 10.3. The van der Waals surface area contributed by atoms with Crippen molar-refractivity contribution in [2.45, 2.75) is 4.90 Å². The van der Waals surface area contributed by atoms with E-state index in [9.17, 15) is 17.2 Å². The van der Waals surface area contributed by atoms with Crippen LogP contribution in [0.1, 0.15) is 0 Å². The molecule has 0 amide bonds. The fraction of sp³-hybridized carbons (Fsp3) is 0. The Hall–Kier alpha value is -1.95. The van der Waals surface area contributed by atoms with Gasteiger partial charge in [-0.15, -0.1) is 0 Å². The van der Waals surface area contributed by atoms with E-state index in [1.165, 1.54) is 24.3 Å². The second-order valence-corrected chi connectivity index (χ2v) is 5.19. The van der Waals surface area contributed by atoms with Gasteiger partial charge in [0.2, 0.25) is 0 Å². The van der Waals surface area contributed by atoms with Crippen molar-refractivity contribution in [3.8, 4) is 0 Å². The lowest BCUT2D eigenvalue weighted by molar-refractivity contribution is 0.570. The van der Waals surface area contributed by atoms with Crippen LogP contribution in [-0.2, 0) is 10.0 Å². The lowest BCUT2D eigenvalue weighted by Gasteiger charge is -2.08. The molecule has 0 aromatic heterocycles. The number of halogens is 2. The van der Waals surface area contributed by atoms with Crippen LogP contribution in [0.25, 0.3) is 0 Å². The van der Waals surface area contributed by atoms with Crippen LogP contribution in [0.3, 0.4) is 0 Å². The summed E-state index contributed by atoms with van der Waals surface area (Å²) in [5.41, 5.74) is 0.166. The number of benzene rings is 2. The van der Waals surface area contributed by atoms with Gasteiger partial charge in [-0.25, -0.2) is 17.2 Å². The average molecular weight is 269 g/mol. The summed E-state index contributed by atoms with van der Waals surface area (Å²) in [6, 6.07) is 9.76. The molecule has 0 fully saturated rings. The Labute approximate surface area is 103 Å². The number of hydrogen-bond acceptors (Lipinski definition) is 2. The van der Waals surface area contributed by atoms with Gasteiger partial charge in [0, 0.05) is 5.69 Å². The molecule has 2 rings (SSSR count). The third-order valence-electron chi connectivity index (χ3n) is 2.22. The number of hydrogen-bond donors (Lipinski definition) is 1. The second-order valence-electron chi connectivity index (χ2n) is 3.54. The van der Waals surface area contributed by atoms with E-state index in [1.54, 1.807) is 0 Å². The molecule has 3 nitrogen and oxygen atoms in total. The van der Waals surface area contributed by atoms with E-state index in [1.807, 2.05) is 0 Å². The van der Waals surface area contributed by atoms with Gasteiger partial charge in [-0.05, 0) is 36.4 Å². The van der Waals surface area contributed by atoms with E-state index in [0.29, 0.717) is 0 Å². The van der Waals surface area contributed by atoms with Crippen LogP contribution in [0.15, 0.2) is 53.4 Å². The predicted molar refractivity (Wildman–Crippen MR) is 63.6 cm³/mol. The van der Waals surface area contributed by atoms with Gasteiger partial charge in [-0.3, -0.25) is 4.72 Å². The highest BCUT2D eigenvalue weighted by atomic mass is 32.2. The molecule has 1 N–H and O–H groups in total. The van der Waals surface area contributed by atoms with Crippen LogP contribution in [-0.4, -0.2) is 8.42 Å². The smallest absolute Gasteiger partial charge is 0.264 e. The molecular weight excluding hydrogens is 260 g/mol. The highest BCUT2D eigenvalue weighted by molar-refractivity contribution is 7.92. The van der Waals surface area contributed by atoms with Crippen molar-refractivity contribution in [3.63, 3.8) is 0 Å². The van der Waals surface area contributed by atoms with Crippen molar-refractivity contribution >= 4 is 15.7 Å². The molecule has 0 atom stereocenters. The van der Waals surface area contributed by atoms with Gasteiger partial charge in [0.15, 0.2) is 0 Å². The minimum absolute atomic E-state index is 0.166. The molecule has 0 bridgehead atoms. The summed E-state index contributed by atoms with van der Waals surface area (Å²) in [7, 11) is -4.00. The molecule has 0 saturated heterocycles. The number of sulfonamides is 1. The van der Waals surface area contributed by atoms with Crippen molar-refractivity contribution in [3.05, 3.63) is 60.2 Å². The Morgan fingerprint density at radius 1 is 0.889 bits per heavy atom. The van der Waals surface area contributed by atoms with E-state index in [0.717, 1.165) is 24.3 Å². The minimum atomic E-state index is -4.00. The maximum absolute atomic E-state index is 13.4. The van der Waals surface area contributed by atoms with Gasteiger partial charge in [-0.1, -0.05) is 12.1 Å². The van der Waals surface area contributed by atoms with Crippen molar-refractivity contribution in [1.82, 2.24) is 0 Å². The maximum Gasteiger partial charge on any atom is 0.264 e. The van der Waals surface area contributed by atoms with Crippen LogP contribution in [0.2, 0.25) is 0 Å². The lowest BCUT2D eigenvalue weighted by Crippen LogP contribution is -2.14. The van der Waals surface area contributed by atoms with Crippen molar-refractivity contribution < 1.29 is 17.2 Å². The van der Waals surface area contributed by atoms with E-state index in [-0.39, 0.29) is 5.69 Å². The Bertz CT molecular complexity index is 654. The highest BCUT2D eigenvalue weighted by Gasteiger charge is 2.18. The molecule has 0 unspecified atom stereocenters. The Morgan fingerprint density at radius 2 is 1.50 bits per heavy atom. The van der Waals surface area contributed by atoms with Gasteiger partial charge in [0.05, 0.1) is 0 Å². The molecule has 0 heterocycles. The molecule has 0 saturated carbocycles. The fourth-order valence-electron chi connectivity index (χ4n) is 1.39. The highest BCUT2D eigenvalue weighted by Crippen LogP contribution is 2.18. The number of anilines is 1.